The van der Waals surface area contributed by atoms with Crippen LogP contribution in [0.3, 0.4) is 0 Å². The van der Waals surface area contributed by atoms with Crippen LogP contribution < -0.4 is 10.1 Å². The standard InChI is InChI=1S/C18H18N2O4/c1-24-14-8-6-12(7-9-14)15-10-16(15)18(21)19-11-13-4-2-3-5-17(13)20(22)23/h2-9,15-16H,10-11H2,1H3,(H,19,21)/t15-,16+/m0/s1. The Morgan fingerprint density at radius 3 is 2.62 bits per heavy atom. The molecule has 6 heteroatoms. The van der Waals surface area contributed by atoms with Gasteiger partial charge in [0.15, 0.2) is 0 Å². The number of nitrogens with zero attached hydrogens (tertiary/aromatic N) is 1. The maximum Gasteiger partial charge on any atom is 0.274 e. The third kappa shape index (κ3) is 3.37. The quantitative estimate of drug-likeness (QED) is 0.653. The third-order valence-corrected chi connectivity index (χ3v) is 4.31. The van der Waals surface area contributed by atoms with Gasteiger partial charge in [-0.15, -0.1) is 0 Å². The Kier molecular flexibility index (Phi) is 4.46. The van der Waals surface area contributed by atoms with Gasteiger partial charge in [-0.2, -0.15) is 0 Å². The summed E-state index contributed by atoms with van der Waals surface area (Å²) in [6, 6.07) is 14.2. The van der Waals surface area contributed by atoms with E-state index in [-0.39, 0.29) is 30.0 Å². The average Bonchev–Trinajstić information content (AvgIpc) is 3.40. The number of para-hydroxylation sites is 1. The number of ether oxygens (including phenoxy) is 1. The van der Waals surface area contributed by atoms with Crippen molar-refractivity contribution in [3.05, 3.63) is 69.8 Å². The zero-order valence-corrected chi connectivity index (χ0v) is 13.3. The number of benzene rings is 2. The average molecular weight is 326 g/mol. The normalized spacial score (nSPS) is 18.7. The van der Waals surface area contributed by atoms with Crippen LogP contribution in [0.5, 0.6) is 5.75 Å². The minimum atomic E-state index is -0.432. The first kappa shape index (κ1) is 16.0. The molecule has 0 heterocycles. The first-order valence-electron chi connectivity index (χ1n) is 7.74. The Hall–Kier alpha value is -2.89. The molecule has 0 radical (unpaired) electrons. The molecule has 6 nitrogen and oxygen atoms in total. The maximum atomic E-state index is 12.3. The van der Waals surface area contributed by atoms with Crippen LogP contribution in [0.1, 0.15) is 23.5 Å². The molecule has 0 saturated heterocycles. The molecule has 1 aliphatic rings. The zero-order valence-electron chi connectivity index (χ0n) is 13.3. The van der Waals surface area contributed by atoms with Crippen molar-refractivity contribution in [3.8, 4) is 5.75 Å². The van der Waals surface area contributed by atoms with Gasteiger partial charge in [-0.25, -0.2) is 0 Å². The lowest BCUT2D eigenvalue weighted by molar-refractivity contribution is -0.385. The van der Waals surface area contributed by atoms with Gasteiger partial charge in [-0.1, -0.05) is 30.3 Å². The molecular weight excluding hydrogens is 308 g/mol. The second-order valence-corrected chi connectivity index (χ2v) is 5.83. The fraction of sp³-hybridized carbons (Fsp3) is 0.278. The highest BCUT2D eigenvalue weighted by atomic mass is 16.6. The number of carbonyl (C=O) groups excluding carboxylic acids is 1. The number of hydrogen-bond acceptors (Lipinski definition) is 4. The van der Waals surface area contributed by atoms with Crippen molar-refractivity contribution < 1.29 is 14.5 Å². The van der Waals surface area contributed by atoms with Crippen LogP contribution in [0.15, 0.2) is 48.5 Å². The topological polar surface area (TPSA) is 81.5 Å². The summed E-state index contributed by atoms with van der Waals surface area (Å²) >= 11 is 0. The largest absolute Gasteiger partial charge is 0.497 e. The van der Waals surface area contributed by atoms with Crippen molar-refractivity contribution in [1.82, 2.24) is 5.32 Å². The Bertz CT molecular complexity index is 758. The summed E-state index contributed by atoms with van der Waals surface area (Å²) in [5.74, 6) is 0.869. The van der Waals surface area contributed by atoms with E-state index in [0.717, 1.165) is 17.7 Å². The first-order valence-corrected chi connectivity index (χ1v) is 7.74. The molecule has 1 fully saturated rings. The van der Waals surface area contributed by atoms with Crippen LogP contribution in [0.4, 0.5) is 5.69 Å². The Morgan fingerprint density at radius 2 is 1.96 bits per heavy atom. The molecule has 124 valence electrons. The molecular formula is C18H18N2O4. The smallest absolute Gasteiger partial charge is 0.274 e. The summed E-state index contributed by atoms with van der Waals surface area (Å²) in [6.07, 6.45) is 0.801. The number of rotatable bonds is 6. The number of methoxy groups -OCH3 is 1. The Morgan fingerprint density at radius 1 is 1.25 bits per heavy atom. The number of nitro benzene ring substituents is 1. The number of carbonyl (C=O) groups is 1. The molecule has 0 spiro atoms. The zero-order chi connectivity index (χ0) is 17.1. The third-order valence-electron chi connectivity index (χ3n) is 4.31. The maximum absolute atomic E-state index is 12.3. The molecule has 1 amide bonds. The van der Waals surface area contributed by atoms with E-state index in [9.17, 15) is 14.9 Å². The Balaban J connectivity index is 1.58. The molecule has 2 aromatic rings. The van der Waals surface area contributed by atoms with E-state index in [0.29, 0.717) is 5.56 Å². The summed E-state index contributed by atoms with van der Waals surface area (Å²) in [5, 5.41) is 13.8. The van der Waals surface area contributed by atoms with Crippen LogP contribution in [0, 0.1) is 16.0 Å². The van der Waals surface area contributed by atoms with Crippen LogP contribution in [-0.4, -0.2) is 17.9 Å². The molecule has 2 aromatic carbocycles. The SMILES string of the molecule is COc1ccc([C@@H]2C[C@H]2C(=O)NCc2ccccc2[N+](=O)[O-])cc1. The van der Waals surface area contributed by atoms with Crippen molar-refractivity contribution in [2.75, 3.05) is 7.11 Å². The van der Waals surface area contributed by atoms with Crippen molar-refractivity contribution in [2.45, 2.75) is 18.9 Å². The van der Waals surface area contributed by atoms with E-state index >= 15 is 0 Å². The van der Waals surface area contributed by atoms with Gasteiger partial charge in [0.25, 0.3) is 5.69 Å². The summed E-state index contributed by atoms with van der Waals surface area (Å²) in [5.41, 5.74) is 1.65. The molecule has 24 heavy (non-hydrogen) atoms. The van der Waals surface area contributed by atoms with Crippen LogP contribution in [-0.2, 0) is 11.3 Å². The van der Waals surface area contributed by atoms with E-state index < -0.39 is 4.92 Å². The molecule has 0 aromatic heterocycles. The lowest BCUT2D eigenvalue weighted by atomic mass is 10.1. The lowest BCUT2D eigenvalue weighted by Gasteiger charge is -2.06. The fourth-order valence-corrected chi connectivity index (χ4v) is 2.86. The highest BCUT2D eigenvalue weighted by Crippen LogP contribution is 2.47. The van der Waals surface area contributed by atoms with Gasteiger partial charge < -0.3 is 10.1 Å². The summed E-state index contributed by atoms with van der Waals surface area (Å²) in [7, 11) is 1.62. The summed E-state index contributed by atoms with van der Waals surface area (Å²) < 4.78 is 5.13. The summed E-state index contributed by atoms with van der Waals surface area (Å²) in [6.45, 7) is 0.168. The molecule has 1 N–H and O–H groups in total. The van der Waals surface area contributed by atoms with Crippen molar-refractivity contribution in [1.29, 1.82) is 0 Å². The van der Waals surface area contributed by atoms with Gasteiger partial charge >= 0.3 is 0 Å². The molecule has 0 bridgehead atoms. The minimum Gasteiger partial charge on any atom is -0.497 e. The highest BCUT2D eigenvalue weighted by molar-refractivity contribution is 5.83. The number of nitro groups is 1. The van der Waals surface area contributed by atoms with Crippen molar-refractivity contribution >= 4 is 11.6 Å². The predicted molar refractivity (Wildman–Crippen MR) is 88.8 cm³/mol. The van der Waals surface area contributed by atoms with Gasteiger partial charge in [0.05, 0.1) is 12.0 Å². The number of amides is 1. The van der Waals surface area contributed by atoms with E-state index in [1.54, 1.807) is 25.3 Å². The fourth-order valence-electron chi connectivity index (χ4n) is 2.86. The minimum absolute atomic E-state index is 0.0281. The van der Waals surface area contributed by atoms with E-state index in [1.807, 2.05) is 24.3 Å². The number of nitrogens with one attached hydrogen (secondary N) is 1. The van der Waals surface area contributed by atoms with Crippen molar-refractivity contribution in [3.63, 3.8) is 0 Å². The molecule has 0 aliphatic heterocycles. The van der Waals surface area contributed by atoms with Crippen LogP contribution in [0.2, 0.25) is 0 Å². The van der Waals surface area contributed by atoms with E-state index in [2.05, 4.69) is 5.32 Å². The van der Waals surface area contributed by atoms with Gasteiger partial charge in [-0.05, 0) is 30.0 Å². The van der Waals surface area contributed by atoms with Gasteiger partial charge in [0.2, 0.25) is 5.91 Å². The van der Waals surface area contributed by atoms with Crippen molar-refractivity contribution in [2.24, 2.45) is 5.92 Å². The molecule has 3 rings (SSSR count). The number of hydrogen-bond donors (Lipinski definition) is 1. The first-order chi connectivity index (χ1) is 11.6. The monoisotopic (exact) mass is 326 g/mol. The van der Waals surface area contributed by atoms with E-state index in [1.165, 1.54) is 6.07 Å². The molecule has 0 unspecified atom stereocenters. The summed E-state index contributed by atoms with van der Waals surface area (Å²) in [4.78, 5) is 22.8. The van der Waals surface area contributed by atoms with Crippen LogP contribution in [0.25, 0.3) is 0 Å². The Labute approximate surface area is 139 Å². The van der Waals surface area contributed by atoms with Gasteiger partial charge in [0, 0.05) is 24.1 Å². The van der Waals surface area contributed by atoms with E-state index in [4.69, 9.17) is 4.74 Å². The van der Waals surface area contributed by atoms with Gasteiger partial charge in [-0.3, -0.25) is 14.9 Å². The highest BCUT2D eigenvalue weighted by Gasteiger charge is 2.43. The molecule has 2 atom stereocenters. The molecule has 1 saturated carbocycles. The second kappa shape index (κ2) is 6.70. The predicted octanol–water partition coefficient (Wildman–Crippen LogP) is 3.02. The second-order valence-electron chi connectivity index (χ2n) is 5.83. The van der Waals surface area contributed by atoms with Crippen LogP contribution >= 0.6 is 0 Å². The van der Waals surface area contributed by atoms with Gasteiger partial charge in [0.1, 0.15) is 5.75 Å². The lowest BCUT2D eigenvalue weighted by Crippen LogP contribution is -2.25. The molecule has 1 aliphatic carbocycles.